The lowest BCUT2D eigenvalue weighted by Gasteiger charge is -2.32. The van der Waals surface area contributed by atoms with Crippen molar-refractivity contribution in [2.24, 2.45) is 0 Å². The molecule has 2 atom stereocenters. The Balaban J connectivity index is 1.61. The average molecular weight is 627 g/mol. The zero-order valence-electron chi connectivity index (χ0n) is 26.1. The molecule has 5 rings (SSSR count). The summed E-state index contributed by atoms with van der Waals surface area (Å²) in [5.74, 6) is -0.502. The molecule has 45 heavy (non-hydrogen) atoms. The number of rotatable bonds is 4. The largest absolute Gasteiger partial charge is 0.474 e. The summed E-state index contributed by atoms with van der Waals surface area (Å²) in [6.45, 7) is 12.4. The minimum atomic E-state index is -1.09. The van der Waals surface area contributed by atoms with Gasteiger partial charge in [0, 0.05) is 35.3 Å². The van der Waals surface area contributed by atoms with Gasteiger partial charge >= 0.3 is 18.2 Å². The van der Waals surface area contributed by atoms with Gasteiger partial charge in [-0.05, 0) is 71.5 Å². The quantitative estimate of drug-likeness (QED) is 0.300. The molecule has 0 spiro atoms. The molecule has 3 aromatic rings. The predicted octanol–water partition coefficient (Wildman–Crippen LogP) is 6.46. The highest BCUT2D eigenvalue weighted by Crippen LogP contribution is 2.42. The number of amides is 4. The number of urea groups is 1. The lowest BCUT2D eigenvalue weighted by molar-refractivity contribution is 0.0564. The van der Waals surface area contributed by atoms with Crippen LogP contribution in [0.25, 0.3) is 21.9 Å². The van der Waals surface area contributed by atoms with Gasteiger partial charge in [0.05, 0.1) is 18.3 Å². The summed E-state index contributed by atoms with van der Waals surface area (Å²) < 4.78 is 46.5. The van der Waals surface area contributed by atoms with Gasteiger partial charge in [0.1, 0.15) is 35.5 Å². The highest BCUT2D eigenvalue weighted by Gasteiger charge is 2.39. The second-order valence-corrected chi connectivity index (χ2v) is 12.9. The van der Waals surface area contributed by atoms with Gasteiger partial charge in [-0.2, -0.15) is 0 Å². The van der Waals surface area contributed by atoms with Crippen molar-refractivity contribution in [1.82, 2.24) is 15.3 Å². The van der Waals surface area contributed by atoms with Crippen LogP contribution in [0.3, 0.4) is 0 Å². The number of nitrogens with zero attached hydrogens (tertiary/aromatic N) is 3. The fourth-order valence-corrected chi connectivity index (χ4v) is 4.81. The standard InChI is InChI=1S/C31H36F2N6O6/c1-15-18(13-35-26-25(15)39(8-9-43-26)29(42)45-31(5,6)7)17-10-16-11-22(37-27(40)36-21-12-20(21)32)34-14-19(16)24(23(17)33)38-28(41)44-30(2,3)4/h10-11,13-14,20-21H,8-9,12H2,1-7H3,(H,38,41)(H2,34,36,37,40). The number of aromatic nitrogens is 2. The van der Waals surface area contributed by atoms with Crippen LogP contribution < -0.4 is 25.6 Å². The van der Waals surface area contributed by atoms with Crippen molar-refractivity contribution in [3.8, 4) is 17.0 Å². The molecule has 2 aliphatic rings. The van der Waals surface area contributed by atoms with Crippen molar-refractivity contribution in [2.75, 3.05) is 28.7 Å². The molecule has 4 amide bonds. The zero-order valence-corrected chi connectivity index (χ0v) is 26.1. The second kappa shape index (κ2) is 11.6. The van der Waals surface area contributed by atoms with Gasteiger partial charge in [0.2, 0.25) is 5.88 Å². The van der Waals surface area contributed by atoms with E-state index in [1.54, 1.807) is 48.5 Å². The molecule has 1 aromatic carbocycles. The number of halogens is 2. The molecule has 12 nitrogen and oxygen atoms in total. The van der Waals surface area contributed by atoms with Crippen LogP contribution >= 0.6 is 0 Å². The fourth-order valence-electron chi connectivity index (χ4n) is 4.81. The summed E-state index contributed by atoms with van der Waals surface area (Å²) in [6, 6.07) is 1.82. The minimum Gasteiger partial charge on any atom is -0.474 e. The Labute approximate surface area is 258 Å². The maximum absolute atomic E-state index is 16.5. The van der Waals surface area contributed by atoms with Crippen molar-refractivity contribution in [3.63, 3.8) is 0 Å². The van der Waals surface area contributed by atoms with Crippen molar-refractivity contribution < 1.29 is 37.4 Å². The van der Waals surface area contributed by atoms with E-state index in [1.165, 1.54) is 29.4 Å². The summed E-state index contributed by atoms with van der Waals surface area (Å²) >= 11 is 0. The van der Waals surface area contributed by atoms with E-state index in [9.17, 15) is 18.8 Å². The fraction of sp³-hybridized carbons (Fsp3) is 0.452. The first-order valence-electron chi connectivity index (χ1n) is 14.5. The highest BCUT2D eigenvalue weighted by atomic mass is 19.1. The van der Waals surface area contributed by atoms with Crippen LogP contribution in [0.5, 0.6) is 5.88 Å². The Morgan fingerprint density at radius 3 is 2.33 bits per heavy atom. The van der Waals surface area contributed by atoms with Crippen LogP contribution in [-0.4, -0.2) is 64.8 Å². The molecule has 3 N–H and O–H groups in total. The molecule has 3 heterocycles. The maximum atomic E-state index is 16.5. The van der Waals surface area contributed by atoms with Crippen molar-refractivity contribution in [2.45, 2.75) is 78.3 Å². The van der Waals surface area contributed by atoms with E-state index in [0.29, 0.717) is 22.2 Å². The van der Waals surface area contributed by atoms with Crippen molar-refractivity contribution in [3.05, 3.63) is 35.9 Å². The maximum Gasteiger partial charge on any atom is 0.415 e. The van der Waals surface area contributed by atoms with Gasteiger partial charge in [-0.25, -0.2) is 33.1 Å². The summed E-state index contributed by atoms with van der Waals surface area (Å²) in [7, 11) is 0. The Morgan fingerprint density at radius 2 is 1.69 bits per heavy atom. The average Bonchev–Trinajstić information content (AvgIpc) is 3.61. The number of carbonyl (C=O) groups is 3. The molecular formula is C31H36F2N6O6. The molecule has 0 bridgehead atoms. The molecule has 2 aromatic heterocycles. The third-order valence-corrected chi connectivity index (χ3v) is 6.86. The first-order valence-corrected chi connectivity index (χ1v) is 14.5. The van der Waals surface area contributed by atoms with E-state index in [2.05, 4.69) is 25.9 Å². The lowest BCUT2D eigenvalue weighted by Crippen LogP contribution is -2.42. The molecule has 14 heteroatoms. The van der Waals surface area contributed by atoms with E-state index >= 15 is 4.39 Å². The number of hydrogen-bond donors (Lipinski definition) is 3. The number of anilines is 3. The number of ether oxygens (including phenoxy) is 3. The summed E-state index contributed by atoms with van der Waals surface area (Å²) in [5.41, 5.74) is -0.679. The SMILES string of the molecule is Cc1c(-c2cc3cc(NC(=O)NC4CC4F)ncc3c(NC(=O)OC(C)(C)C)c2F)cnc2c1N(C(=O)OC(C)(C)C)CCO2. The molecule has 0 saturated heterocycles. The highest BCUT2D eigenvalue weighted by molar-refractivity contribution is 6.05. The van der Waals surface area contributed by atoms with Gasteiger partial charge in [-0.1, -0.05) is 0 Å². The minimum absolute atomic E-state index is 0.0379. The van der Waals surface area contributed by atoms with Crippen LogP contribution in [-0.2, 0) is 9.47 Å². The molecule has 240 valence electrons. The summed E-state index contributed by atoms with van der Waals surface area (Å²) in [4.78, 5) is 48.3. The molecular weight excluding hydrogens is 590 g/mol. The number of fused-ring (bicyclic) bond motifs is 2. The predicted molar refractivity (Wildman–Crippen MR) is 164 cm³/mol. The lowest BCUT2D eigenvalue weighted by atomic mass is 9.96. The van der Waals surface area contributed by atoms with Crippen LogP contribution in [0.1, 0.15) is 53.5 Å². The number of nitrogens with one attached hydrogen (secondary N) is 3. The number of pyridine rings is 2. The van der Waals surface area contributed by atoms with Gasteiger partial charge in [0.25, 0.3) is 0 Å². The summed E-state index contributed by atoms with van der Waals surface area (Å²) in [5, 5.41) is 8.20. The Bertz CT molecular complexity index is 1690. The zero-order chi connectivity index (χ0) is 32.8. The second-order valence-electron chi connectivity index (χ2n) is 12.9. The van der Waals surface area contributed by atoms with Crippen LogP contribution in [0, 0.1) is 12.7 Å². The first kappa shape index (κ1) is 31.7. The van der Waals surface area contributed by atoms with E-state index in [4.69, 9.17) is 14.2 Å². The van der Waals surface area contributed by atoms with Crippen molar-refractivity contribution in [1.29, 1.82) is 0 Å². The number of hydrogen-bond acceptors (Lipinski definition) is 8. The number of alkyl halides is 1. The van der Waals surface area contributed by atoms with Crippen LogP contribution in [0.15, 0.2) is 24.5 Å². The molecule has 1 fully saturated rings. The van der Waals surface area contributed by atoms with E-state index in [-0.39, 0.29) is 47.9 Å². The number of carbonyl (C=O) groups excluding carboxylic acids is 3. The van der Waals surface area contributed by atoms with Crippen LogP contribution in [0.4, 0.5) is 40.4 Å². The number of benzene rings is 1. The molecule has 1 saturated carbocycles. The first-order chi connectivity index (χ1) is 21.0. The van der Waals surface area contributed by atoms with Crippen LogP contribution in [0.2, 0.25) is 0 Å². The van der Waals surface area contributed by atoms with E-state index in [1.807, 2.05) is 0 Å². The van der Waals surface area contributed by atoms with E-state index < -0.39 is 47.5 Å². The van der Waals surface area contributed by atoms with Gasteiger partial charge in [-0.15, -0.1) is 0 Å². The summed E-state index contributed by atoms with van der Waals surface area (Å²) in [6.07, 6.45) is 0.381. The molecule has 0 radical (unpaired) electrons. The topological polar surface area (TPSA) is 144 Å². The Kier molecular flexibility index (Phi) is 8.19. The third-order valence-electron chi connectivity index (χ3n) is 6.86. The van der Waals surface area contributed by atoms with E-state index in [0.717, 1.165) is 0 Å². The molecule has 1 aliphatic heterocycles. The van der Waals surface area contributed by atoms with Gasteiger partial charge in [-0.3, -0.25) is 15.5 Å². The smallest absolute Gasteiger partial charge is 0.415 e. The normalized spacial score (nSPS) is 17.6. The monoisotopic (exact) mass is 626 g/mol. The Hall–Kier alpha value is -4.75. The molecule has 1 aliphatic carbocycles. The third kappa shape index (κ3) is 7.15. The van der Waals surface area contributed by atoms with Crippen molar-refractivity contribution >= 4 is 46.2 Å². The van der Waals surface area contributed by atoms with Gasteiger partial charge in [0.15, 0.2) is 5.82 Å². The molecule has 2 unspecified atom stereocenters. The Morgan fingerprint density at radius 1 is 1.00 bits per heavy atom. The van der Waals surface area contributed by atoms with Gasteiger partial charge < -0.3 is 19.5 Å².